The van der Waals surface area contributed by atoms with E-state index in [0.717, 1.165) is 0 Å². The third-order valence-electron chi connectivity index (χ3n) is 3.86. The average Bonchev–Trinajstić information content (AvgIpc) is 2.64. The average molecular weight is 384 g/mol. The predicted octanol–water partition coefficient (Wildman–Crippen LogP) is 4.50. The summed E-state index contributed by atoms with van der Waals surface area (Å²) in [5.41, 5.74) is 0.255. The molecule has 0 saturated carbocycles. The fourth-order valence-corrected chi connectivity index (χ4v) is 3.57. The molecule has 0 amide bonds. The molecule has 0 atom stereocenters. The monoisotopic (exact) mass is 384 g/mol. The summed E-state index contributed by atoms with van der Waals surface area (Å²) in [5, 5.41) is 11.0. The maximum atomic E-state index is 12.6. The maximum absolute atomic E-state index is 12.6. The van der Waals surface area contributed by atoms with Crippen LogP contribution in [0.2, 0.25) is 0 Å². The van der Waals surface area contributed by atoms with Gasteiger partial charge in [0.2, 0.25) is 0 Å². The van der Waals surface area contributed by atoms with E-state index < -0.39 is 14.9 Å². The summed E-state index contributed by atoms with van der Waals surface area (Å²) < 4.78 is 33.2. The van der Waals surface area contributed by atoms with Crippen molar-refractivity contribution in [1.82, 2.24) is 0 Å². The van der Waals surface area contributed by atoms with Gasteiger partial charge in [-0.05, 0) is 49.4 Å². The first-order valence-electron chi connectivity index (χ1n) is 7.96. The van der Waals surface area contributed by atoms with Gasteiger partial charge in [-0.3, -0.25) is 14.8 Å². The number of rotatable bonds is 6. The molecule has 0 radical (unpaired) electrons. The van der Waals surface area contributed by atoms with Gasteiger partial charge >= 0.3 is 0 Å². The van der Waals surface area contributed by atoms with E-state index in [9.17, 15) is 18.5 Å². The molecule has 0 heterocycles. The number of benzene rings is 3. The van der Waals surface area contributed by atoms with Gasteiger partial charge in [0.15, 0.2) is 0 Å². The quantitative estimate of drug-likeness (QED) is 0.498. The summed E-state index contributed by atoms with van der Waals surface area (Å²) in [6.45, 7) is 1.49. The van der Waals surface area contributed by atoms with Crippen molar-refractivity contribution in [3.8, 4) is 11.5 Å². The molecule has 0 fully saturated rings. The smallest absolute Gasteiger partial charge is 0.274 e. The number of ether oxygens (including phenoxy) is 1. The van der Waals surface area contributed by atoms with Crippen LogP contribution < -0.4 is 9.46 Å². The largest absolute Gasteiger partial charge is 0.457 e. The Bertz CT molecular complexity index is 1070. The molecule has 0 aliphatic rings. The van der Waals surface area contributed by atoms with Crippen molar-refractivity contribution < 1.29 is 18.1 Å². The first kappa shape index (κ1) is 18.4. The highest BCUT2D eigenvalue weighted by atomic mass is 32.2. The van der Waals surface area contributed by atoms with Crippen molar-refractivity contribution in [1.29, 1.82) is 0 Å². The lowest BCUT2D eigenvalue weighted by molar-refractivity contribution is -0.385. The first-order chi connectivity index (χ1) is 12.9. The number of anilines is 1. The van der Waals surface area contributed by atoms with Crippen molar-refractivity contribution in [3.05, 3.63) is 88.5 Å². The summed E-state index contributed by atoms with van der Waals surface area (Å²) in [4.78, 5) is 10.5. The molecule has 3 aromatic carbocycles. The third kappa shape index (κ3) is 4.24. The van der Waals surface area contributed by atoms with Gasteiger partial charge in [-0.25, -0.2) is 8.42 Å². The maximum Gasteiger partial charge on any atom is 0.274 e. The van der Waals surface area contributed by atoms with E-state index in [1.54, 1.807) is 24.3 Å². The predicted molar refractivity (Wildman–Crippen MR) is 102 cm³/mol. The Kier molecular flexibility index (Phi) is 5.09. The number of nitrogens with one attached hydrogen (secondary N) is 1. The van der Waals surface area contributed by atoms with Gasteiger partial charge in [-0.15, -0.1) is 0 Å². The number of nitro benzene ring substituents is 1. The highest BCUT2D eigenvalue weighted by Gasteiger charge is 2.19. The summed E-state index contributed by atoms with van der Waals surface area (Å²) in [5.74, 6) is 1.13. The second-order valence-electron chi connectivity index (χ2n) is 5.70. The number of hydrogen-bond acceptors (Lipinski definition) is 5. The van der Waals surface area contributed by atoms with Crippen LogP contribution in [0.5, 0.6) is 11.5 Å². The van der Waals surface area contributed by atoms with Crippen LogP contribution in [0.3, 0.4) is 0 Å². The van der Waals surface area contributed by atoms with Gasteiger partial charge in [0.05, 0.1) is 21.1 Å². The van der Waals surface area contributed by atoms with E-state index in [-0.39, 0.29) is 21.8 Å². The Morgan fingerprint density at radius 1 is 0.889 bits per heavy atom. The number of nitrogens with zero attached hydrogens (tertiary/aromatic N) is 1. The Balaban J connectivity index is 1.81. The van der Waals surface area contributed by atoms with Gasteiger partial charge in [0, 0.05) is 6.07 Å². The molecule has 0 aromatic heterocycles. The van der Waals surface area contributed by atoms with Gasteiger partial charge < -0.3 is 4.74 Å². The Labute approximate surface area is 156 Å². The van der Waals surface area contributed by atoms with Crippen molar-refractivity contribution >= 4 is 21.4 Å². The first-order valence-corrected chi connectivity index (χ1v) is 9.45. The van der Waals surface area contributed by atoms with Gasteiger partial charge in [0.25, 0.3) is 15.7 Å². The van der Waals surface area contributed by atoms with Crippen molar-refractivity contribution in [2.24, 2.45) is 0 Å². The van der Waals surface area contributed by atoms with E-state index in [2.05, 4.69) is 4.72 Å². The summed E-state index contributed by atoms with van der Waals surface area (Å²) in [6, 6.07) is 19.2. The molecule has 0 unspecified atom stereocenters. The Morgan fingerprint density at radius 3 is 2.15 bits per heavy atom. The number of hydrogen-bond donors (Lipinski definition) is 1. The topological polar surface area (TPSA) is 98.5 Å². The zero-order valence-corrected chi connectivity index (χ0v) is 15.1. The minimum absolute atomic E-state index is 0.0221. The fraction of sp³-hybridized carbons (Fsp3) is 0.0526. The van der Waals surface area contributed by atoms with Gasteiger partial charge in [-0.2, -0.15) is 0 Å². The van der Waals surface area contributed by atoms with E-state index in [4.69, 9.17) is 4.74 Å². The van der Waals surface area contributed by atoms with E-state index >= 15 is 0 Å². The minimum Gasteiger partial charge on any atom is -0.457 e. The second kappa shape index (κ2) is 7.46. The molecular weight excluding hydrogens is 368 g/mol. The number of para-hydroxylation sites is 1. The van der Waals surface area contributed by atoms with Crippen LogP contribution in [-0.2, 0) is 10.0 Å². The highest BCUT2D eigenvalue weighted by Crippen LogP contribution is 2.28. The van der Waals surface area contributed by atoms with E-state index in [1.165, 1.54) is 37.3 Å². The Hall–Kier alpha value is -3.39. The SMILES string of the molecule is Cc1c(NS(=O)(=O)c2ccc(Oc3ccccc3)cc2)cccc1[N+](=O)[O-]. The van der Waals surface area contributed by atoms with Crippen LogP contribution in [0, 0.1) is 17.0 Å². The standard InChI is InChI=1S/C19H16N2O5S/c1-14-18(8-5-9-19(14)21(22)23)20-27(24,25)17-12-10-16(11-13-17)26-15-6-3-2-4-7-15/h2-13,20H,1H3. The zero-order valence-electron chi connectivity index (χ0n) is 14.3. The van der Waals surface area contributed by atoms with Crippen LogP contribution in [0.25, 0.3) is 0 Å². The lowest BCUT2D eigenvalue weighted by atomic mass is 10.2. The lowest BCUT2D eigenvalue weighted by Gasteiger charge is -2.11. The molecular formula is C19H16N2O5S. The molecule has 7 nitrogen and oxygen atoms in total. The van der Waals surface area contributed by atoms with Crippen molar-refractivity contribution in [2.75, 3.05) is 4.72 Å². The highest BCUT2D eigenvalue weighted by molar-refractivity contribution is 7.92. The summed E-state index contributed by atoms with van der Waals surface area (Å²) in [7, 11) is -3.90. The zero-order chi connectivity index (χ0) is 19.4. The van der Waals surface area contributed by atoms with Crippen molar-refractivity contribution in [3.63, 3.8) is 0 Å². The molecule has 0 aliphatic heterocycles. The lowest BCUT2D eigenvalue weighted by Crippen LogP contribution is -2.14. The molecule has 3 aromatic rings. The van der Waals surface area contributed by atoms with Gasteiger partial charge in [-0.1, -0.05) is 24.3 Å². The van der Waals surface area contributed by atoms with Crippen LogP contribution >= 0.6 is 0 Å². The Morgan fingerprint density at radius 2 is 1.52 bits per heavy atom. The molecule has 0 spiro atoms. The van der Waals surface area contributed by atoms with E-state index in [1.807, 2.05) is 18.2 Å². The fourth-order valence-electron chi connectivity index (χ4n) is 2.45. The minimum atomic E-state index is -3.90. The summed E-state index contributed by atoms with van der Waals surface area (Å²) in [6.07, 6.45) is 0. The molecule has 8 heteroatoms. The number of nitro groups is 1. The van der Waals surface area contributed by atoms with Crippen LogP contribution in [-0.4, -0.2) is 13.3 Å². The van der Waals surface area contributed by atoms with Crippen LogP contribution in [0.15, 0.2) is 77.7 Å². The molecule has 27 heavy (non-hydrogen) atoms. The normalized spacial score (nSPS) is 11.0. The molecule has 1 N–H and O–H groups in total. The van der Waals surface area contributed by atoms with Crippen LogP contribution in [0.4, 0.5) is 11.4 Å². The summed E-state index contributed by atoms with van der Waals surface area (Å²) >= 11 is 0. The number of sulfonamides is 1. The van der Waals surface area contributed by atoms with Gasteiger partial charge in [0.1, 0.15) is 11.5 Å². The second-order valence-corrected chi connectivity index (χ2v) is 7.38. The molecule has 0 aliphatic carbocycles. The molecule has 0 saturated heterocycles. The van der Waals surface area contributed by atoms with E-state index in [0.29, 0.717) is 11.5 Å². The van der Waals surface area contributed by atoms with Crippen LogP contribution in [0.1, 0.15) is 5.56 Å². The molecule has 0 bridgehead atoms. The van der Waals surface area contributed by atoms with Crippen molar-refractivity contribution in [2.45, 2.75) is 11.8 Å². The third-order valence-corrected chi connectivity index (χ3v) is 5.24. The molecule has 3 rings (SSSR count). The molecule has 138 valence electrons.